The molecule has 0 saturated carbocycles. The van der Waals surface area contributed by atoms with Gasteiger partial charge in [0.25, 0.3) is 0 Å². The number of aryl methyl sites for hydroxylation is 2. The van der Waals surface area contributed by atoms with Gasteiger partial charge in [0.15, 0.2) is 11.6 Å². The number of hydrogen-bond acceptors (Lipinski definition) is 4. The number of carboxylic acid groups (broad SMARTS) is 1. The van der Waals surface area contributed by atoms with Crippen molar-refractivity contribution in [3.05, 3.63) is 56.8 Å². The van der Waals surface area contributed by atoms with Crippen molar-refractivity contribution in [1.82, 2.24) is 5.32 Å². The number of halogens is 3. The minimum atomic E-state index is -1.24. The van der Waals surface area contributed by atoms with E-state index in [0.29, 0.717) is 5.56 Å². The number of rotatable bonds is 9. The maximum atomic E-state index is 14.1. The molecule has 0 bridgehead atoms. The predicted octanol–water partition coefficient (Wildman–Crippen LogP) is 4.42. The topological polar surface area (TPSA) is 69.6 Å². The predicted molar refractivity (Wildman–Crippen MR) is 109 cm³/mol. The molecule has 4 nitrogen and oxygen atoms in total. The van der Waals surface area contributed by atoms with E-state index in [1.807, 2.05) is 26.8 Å². The molecule has 2 rings (SSSR count). The first-order valence-electron chi connectivity index (χ1n) is 8.75. The van der Waals surface area contributed by atoms with E-state index in [9.17, 15) is 18.7 Å². The molecule has 1 aromatic heterocycles. The summed E-state index contributed by atoms with van der Waals surface area (Å²) in [6, 6.07) is 6.42. The molecule has 0 aliphatic rings. The zero-order chi connectivity index (χ0) is 20.2. The van der Waals surface area contributed by atoms with Crippen LogP contribution in [0, 0.1) is 18.6 Å². The molecule has 2 aromatic rings. The number of carbonyl (C=O) groups is 1. The maximum absolute atomic E-state index is 14.1. The van der Waals surface area contributed by atoms with E-state index in [2.05, 4.69) is 11.4 Å². The van der Waals surface area contributed by atoms with E-state index >= 15 is 0 Å². The molecule has 0 radical (unpaired) electrons. The molecule has 3 N–H and O–H groups in total. The van der Waals surface area contributed by atoms with Crippen molar-refractivity contribution in [2.75, 3.05) is 6.54 Å². The van der Waals surface area contributed by atoms with E-state index in [1.54, 1.807) is 11.3 Å². The molecule has 156 valence electrons. The average molecular weight is 434 g/mol. The molecule has 0 aliphatic heterocycles. The van der Waals surface area contributed by atoms with Crippen molar-refractivity contribution in [1.29, 1.82) is 0 Å². The van der Waals surface area contributed by atoms with Crippen molar-refractivity contribution in [2.24, 2.45) is 0 Å². The number of nitrogens with one attached hydrogen (secondary N) is 1. The van der Waals surface area contributed by atoms with Gasteiger partial charge in [-0.1, -0.05) is 0 Å². The Hall–Kier alpha value is -1.54. The molecular formula is C20H26ClF2NO3S. The summed E-state index contributed by atoms with van der Waals surface area (Å²) in [6.07, 6.45) is -0.614. The number of benzene rings is 1. The lowest BCUT2D eigenvalue weighted by molar-refractivity contribution is -0.136. The fraction of sp³-hybridized carbons (Fsp3) is 0.450. The second-order valence-corrected chi connectivity index (χ2v) is 8.72. The molecule has 1 aromatic carbocycles. The van der Waals surface area contributed by atoms with Gasteiger partial charge in [0.2, 0.25) is 0 Å². The van der Waals surface area contributed by atoms with E-state index < -0.39 is 23.7 Å². The number of aliphatic hydroxyl groups excluding tert-OH is 1. The minimum absolute atomic E-state index is 0. The number of aliphatic carboxylic acids is 1. The van der Waals surface area contributed by atoms with Crippen LogP contribution in [0.15, 0.2) is 24.3 Å². The fourth-order valence-corrected chi connectivity index (χ4v) is 3.99. The van der Waals surface area contributed by atoms with Gasteiger partial charge in [-0.25, -0.2) is 8.78 Å². The van der Waals surface area contributed by atoms with Crippen LogP contribution in [-0.4, -0.2) is 28.3 Å². The van der Waals surface area contributed by atoms with Gasteiger partial charge >= 0.3 is 5.97 Å². The van der Waals surface area contributed by atoms with Gasteiger partial charge in [-0.3, -0.25) is 4.79 Å². The van der Waals surface area contributed by atoms with Crippen LogP contribution in [0.2, 0.25) is 0 Å². The monoisotopic (exact) mass is 433 g/mol. The minimum Gasteiger partial charge on any atom is -0.481 e. The molecule has 8 heteroatoms. The summed E-state index contributed by atoms with van der Waals surface area (Å²) in [7, 11) is 0. The zero-order valence-electron chi connectivity index (χ0n) is 16.1. The molecular weight excluding hydrogens is 408 g/mol. The summed E-state index contributed by atoms with van der Waals surface area (Å²) in [6.45, 7) is 6.05. The smallest absolute Gasteiger partial charge is 0.303 e. The van der Waals surface area contributed by atoms with Crippen LogP contribution in [0.4, 0.5) is 8.78 Å². The number of aliphatic hydroxyl groups is 1. The summed E-state index contributed by atoms with van der Waals surface area (Å²) in [5.74, 6) is -3.20. The highest BCUT2D eigenvalue weighted by molar-refractivity contribution is 7.11. The first-order valence-corrected chi connectivity index (χ1v) is 9.57. The SMILES string of the molecule is Cc1ccc(CC(C)(C)NC[C@@H](O)c2cc(CCC(=O)O)cc(F)c2F)s1.Cl. The lowest BCUT2D eigenvalue weighted by atomic mass is 9.97. The molecule has 1 heterocycles. The van der Waals surface area contributed by atoms with Crippen LogP contribution in [0.5, 0.6) is 0 Å². The lowest BCUT2D eigenvalue weighted by Crippen LogP contribution is -2.43. The highest BCUT2D eigenvalue weighted by Gasteiger charge is 2.23. The third-order valence-electron chi connectivity index (χ3n) is 4.29. The van der Waals surface area contributed by atoms with Crippen LogP contribution in [0.1, 0.15) is 47.3 Å². The van der Waals surface area contributed by atoms with Crippen molar-refractivity contribution in [2.45, 2.75) is 51.7 Å². The molecule has 28 heavy (non-hydrogen) atoms. The molecule has 0 unspecified atom stereocenters. The quantitative estimate of drug-likeness (QED) is 0.547. The summed E-state index contributed by atoms with van der Waals surface area (Å²) < 4.78 is 28.0. The molecule has 0 spiro atoms. The van der Waals surface area contributed by atoms with E-state index in [1.165, 1.54) is 15.8 Å². The second-order valence-electron chi connectivity index (χ2n) is 7.34. The molecule has 0 saturated heterocycles. The molecule has 0 aliphatic carbocycles. The van der Waals surface area contributed by atoms with Crippen LogP contribution in [0.25, 0.3) is 0 Å². The number of β-amino-alcohol motifs (C(OH)–C–C–N with tert-alkyl or cyclic N) is 1. The van der Waals surface area contributed by atoms with Crippen LogP contribution >= 0.6 is 23.7 Å². The Labute approximate surface area is 174 Å². The Kier molecular flexibility index (Phi) is 9.01. The van der Waals surface area contributed by atoms with Crippen molar-refractivity contribution < 1.29 is 23.8 Å². The summed E-state index contributed by atoms with van der Waals surface area (Å²) in [5.41, 5.74) is -0.155. The number of carboxylic acids is 1. The molecule has 0 amide bonds. The first-order chi connectivity index (χ1) is 12.6. The Bertz CT molecular complexity index is 811. The van der Waals surface area contributed by atoms with Gasteiger partial charge in [0.1, 0.15) is 0 Å². The van der Waals surface area contributed by atoms with Crippen LogP contribution in [0.3, 0.4) is 0 Å². The standard InChI is InChI=1S/C20H25F2NO3S.ClH/c1-12-4-6-14(27-12)10-20(2,3)23-11-17(24)15-8-13(5-7-18(25)26)9-16(21)19(15)22;/h4,6,8-9,17,23-24H,5,7,10-11H2,1-3H3,(H,25,26);1H/t17-;/m1./s1. The van der Waals surface area contributed by atoms with Crippen molar-refractivity contribution in [3.8, 4) is 0 Å². The highest BCUT2D eigenvalue weighted by atomic mass is 35.5. The van der Waals surface area contributed by atoms with E-state index in [-0.39, 0.29) is 42.9 Å². The summed E-state index contributed by atoms with van der Waals surface area (Å²) >= 11 is 1.70. The normalized spacial score (nSPS) is 12.5. The van der Waals surface area contributed by atoms with Crippen molar-refractivity contribution in [3.63, 3.8) is 0 Å². The Balaban J connectivity index is 0.00000392. The van der Waals surface area contributed by atoms with Gasteiger partial charge in [-0.05, 0) is 63.4 Å². The van der Waals surface area contributed by atoms with Crippen LogP contribution < -0.4 is 5.32 Å². The largest absolute Gasteiger partial charge is 0.481 e. The third kappa shape index (κ3) is 7.13. The summed E-state index contributed by atoms with van der Waals surface area (Å²) in [4.78, 5) is 13.1. The zero-order valence-corrected chi connectivity index (χ0v) is 17.7. The van der Waals surface area contributed by atoms with Crippen molar-refractivity contribution >= 4 is 29.7 Å². The summed E-state index contributed by atoms with van der Waals surface area (Å²) in [5, 5.41) is 22.3. The Morgan fingerprint density at radius 2 is 1.96 bits per heavy atom. The van der Waals surface area contributed by atoms with E-state index in [0.717, 1.165) is 12.5 Å². The Morgan fingerprint density at radius 1 is 1.29 bits per heavy atom. The Morgan fingerprint density at radius 3 is 2.54 bits per heavy atom. The van der Waals surface area contributed by atoms with Gasteiger partial charge in [0, 0.05) is 33.8 Å². The fourth-order valence-electron chi connectivity index (χ4n) is 2.87. The average Bonchev–Trinajstić information content (AvgIpc) is 2.97. The second kappa shape index (κ2) is 10.3. The number of hydrogen-bond donors (Lipinski definition) is 3. The van der Waals surface area contributed by atoms with Crippen LogP contribution in [-0.2, 0) is 17.6 Å². The number of thiophene rings is 1. The third-order valence-corrected chi connectivity index (χ3v) is 5.29. The first kappa shape index (κ1) is 24.5. The molecule has 0 fully saturated rings. The van der Waals surface area contributed by atoms with Gasteiger partial charge < -0.3 is 15.5 Å². The van der Waals surface area contributed by atoms with Gasteiger partial charge in [-0.15, -0.1) is 23.7 Å². The lowest BCUT2D eigenvalue weighted by Gasteiger charge is -2.27. The molecule has 1 atom stereocenters. The van der Waals surface area contributed by atoms with Gasteiger partial charge in [0.05, 0.1) is 6.10 Å². The highest BCUT2D eigenvalue weighted by Crippen LogP contribution is 2.24. The van der Waals surface area contributed by atoms with Gasteiger partial charge in [-0.2, -0.15) is 0 Å². The van der Waals surface area contributed by atoms with E-state index in [4.69, 9.17) is 5.11 Å². The maximum Gasteiger partial charge on any atom is 0.303 e.